The van der Waals surface area contributed by atoms with Crippen LogP contribution in [0.1, 0.15) is 12.2 Å². The van der Waals surface area contributed by atoms with Gasteiger partial charge in [-0.05, 0) is 36.8 Å². The molecule has 0 saturated carbocycles. The molecule has 2 heterocycles. The zero-order chi connectivity index (χ0) is 17.8. The third kappa shape index (κ3) is 4.68. The summed E-state index contributed by atoms with van der Waals surface area (Å²) in [6.07, 6.45) is 4.81. The van der Waals surface area contributed by atoms with Gasteiger partial charge in [-0.2, -0.15) is 0 Å². The van der Waals surface area contributed by atoms with Gasteiger partial charge in [0.05, 0.1) is 11.6 Å². The van der Waals surface area contributed by atoms with E-state index in [0.29, 0.717) is 10.8 Å². The van der Waals surface area contributed by atoms with Crippen LogP contribution in [0, 0.1) is 5.82 Å². The summed E-state index contributed by atoms with van der Waals surface area (Å²) in [7, 11) is 2.01. The van der Waals surface area contributed by atoms with Gasteiger partial charge in [-0.15, -0.1) is 0 Å². The number of aryl methyl sites for hydroxylation is 1. The van der Waals surface area contributed by atoms with E-state index >= 15 is 0 Å². The first-order chi connectivity index (χ1) is 12.0. The molecule has 1 aromatic heterocycles. The first-order valence-electron chi connectivity index (χ1n) is 8.22. The molecule has 1 saturated heterocycles. The Morgan fingerprint density at radius 3 is 2.88 bits per heavy atom. The number of benzene rings is 1. The van der Waals surface area contributed by atoms with Crippen LogP contribution in [0.15, 0.2) is 30.6 Å². The number of nitrogens with one attached hydrogen (secondary N) is 1. The number of imidazole rings is 1. The summed E-state index contributed by atoms with van der Waals surface area (Å²) < 4.78 is 15.3. The van der Waals surface area contributed by atoms with Gasteiger partial charge in [0.1, 0.15) is 11.6 Å². The minimum absolute atomic E-state index is 0.0879. The molecule has 0 atom stereocenters. The molecule has 0 amide bonds. The number of aromatic nitrogens is 2. The topological polar surface area (TPSA) is 36.3 Å². The first-order valence-corrected chi connectivity index (χ1v) is 9.01. The SMILES string of the molecule is Cn1ccnc1CN1CCCN(C(=S)Nc2ccc(F)c(Cl)c2)CC1. The van der Waals surface area contributed by atoms with Crippen LogP contribution in [0.2, 0.25) is 5.02 Å². The van der Waals surface area contributed by atoms with Crippen LogP contribution in [0.25, 0.3) is 0 Å². The maximum absolute atomic E-state index is 13.3. The summed E-state index contributed by atoms with van der Waals surface area (Å²) >= 11 is 11.3. The van der Waals surface area contributed by atoms with Gasteiger partial charge in [0.15, 0.2) is 5.11 Å². The fourth-order valence-electron chi connectivity index (χ4n) is 2.86. The van der Waals surface area contributed by atoms with Crippen molar-refractivity contribution in [2.45, 2.75) is 13.0 Å². The number of nitrogens with zero attached hydrogens (tertiary/aromatic N) is 4. The van der Waals surface area contributed by atoms with Crippen molar-refractivity contribution >= 4 is 34.6 Å². The molecule has 0 bridgehead atoms. The molecular weight excluding hydrogens is 361 g/mol. The zero-order valence-corrected chi connectivity index (χ0v) is 15.7. The van der Waals surface area contributed by atoms with Crippen LogP contribution >= 0.6 is 23.8 Å². The van der Waals surface area contributed by atoms with Crippen LogP contribution < -0.4 is 5.32 Å². The number of halogens is 2. The van der Waals surface area contributed by atoms with Crippen LogP contribution in [0.4, 0.5) is 10.1 Å². The molecule has 25 heavy (non-hydrogen) atoms. The van der Waals surface area contributed by atoms with E-state index in [1.165, 1.54) is 6.07 Å². The minimum Gasteiger partial charge on any atom is -0.348 e. The predicted octanol–water partition coefficient (Wildman–Crippen LogP) is 3.12. The molecule has 0 unspecified atom stereocenters. The van der Waals surface area contributed by atoms with Gasteiger partial charge in [0.2, 0.25) is 0 Å². The molecule has 1 aromatic carbocycles. The second kappa shape index (κ2) is 8.12. The third-order valence-electron chi connectivity index (χ3n) is 4.33. The molecule has 2 aromatic rings. The molecular formula is C17H21ClFN5S. The minimum atomic E-state index is -0.433. The molecule has 134 valence electrons. The van der Waals surface area contributed by atoms with E-state index in [9.17, 15) is 4.39 Å². The van der Waals surface area contributed by atoms with Crippen LogP contribution in [0.3, 0.4) is 0 Å². The van der Waals surface area contributed by atoms with Crippen molar-refractivity contribution in [3.05, 3.63) is 47.3 Å². The van der Waals surface area contributed by atoms with Gasteiger partial charge in [0, 0.05) is 51.3 Å². The molecule has 1 aliphatic rings. The van der Waals surface area contributed by atoms with Gasteiger partial charge in [0.25, 0.3) is 0 Å². The summed E-state index contributed by atoms with van der Waals surface area (Å²) in [5, 5.41) is 3.88. The Labute approximate surface area is 157 Å². The Morgan fingerprint density at radius 2 is 2.16 bits per heavy atom. The van der Waals surface area contributed by atoms with E-state index in [-0.39, 0.29) is 5.02 Å². The lowest BCUT2D eigenvalue weighted by Gasteiger charge is -2.24. The number of thiocarbonyl (C=S) groups is 1. The van der Waals surface area contributed by atoms with Gasteiger partial charge in [-0.1, -0.05) is 11.6 Å². The van der Waals surface area contributed by atoms with Crippen molar-refractivity contribution in [1.29, 1.82) is 0 Å². The Morgan fingerprint density at radius 1 is 1.32 bits per heavy atom. The average Bonchev–Trinajstić information content (AvgIpc) is 2.84. The Hall–Kier alpha value is -1.70. The second-order valence-corrected chi connectivity index (χ2v) is 6.92. The summed E-state index contributed by atoms with van der Waals surface area (Å²) in [4.78, 5) is 8.92. The lowest BCUT2D eigenvalue weighted by Crippen LogP contribution is -2.37. The van der Waals surface area contributed by atoms with Gasteiger partial charge < -0.3 is 14.8 Å². The summed E-state index contributed by atoms with van der Waals surface area (Å²) in [6.45, 7) is 4.49. The van der Waals surface area contributed by atoms with E-state index in [1.54, 1.807) is 12.1 Å². The highest BCUT2D eigenvalue weighted by Gasteiger charge is 2.18. The molecule has 0 spiro atoms. The zero-order valence-electron chi connectivity index (χ0n) is 14.1. The van der Waals surface area contributed by atoms with E-state index in [1.807, 2.05) is 24.0 Å². The van der Waals surface area contributed by atoms with Gasteiger partial charge >= 0.3 is 0 Å². The van der Waals surface area contributed by atoms with Gasteiger partial charge in [-0.3, -0.25) is 4.90 Å². The van der Waals surface area contributed by atoms with Gasteiger partial charge in [-0.25, -0.2) is 9.37 Å². The number of hydrogen-bond acceptors (Lipinski definition) is 3. The standard InChI is InChI=1S/C17H21ClFN5S/c1-22-8-5-20-16(22)12-23-6-2-7-24(10-9-23)17(25)21-13-3-4-15(19)14(18)11-13/h3-5,8,11H,2,6-7,9-10,12H2,1H3,(H,21,25). The highest BCUT2D eigenvalue weighted by Crippen LogP contribution is 2.20. The molecule has 5 nitrogen and oxygen atoms in total. The molecule has 1 fully saturated rings. The summed E-state index contributed by atoms with van der Waals surface area (Å²) in [5.41, 5.74) is 0.700. The highest BCUT2D eigenvalue weighted by molar-refractivity contribution is 7.80. The van der Waals surface area contributed by atoms with E-state index < -0.39 is 5.82 Å². The van der Waals surface area contributed by atoms with Crippen molar-refractivity contribution in [3.63, 3.8) is 0 Å². The second-order valence-electron chi connectivity index (χ2n) is 6.13. The summed E-state index contributed by atoms with van der Waals surface area (Å²) in [6, 6.07) is 4.53. The lowest BCUT2D eigenvalue weighted by atomic mass is 10.3. The van der Waals surface area contributed by atoms with Crippen molar-refractivity contribution < 1.29 is 4.39 Å². The molecule has 1 aliphatic heterocycles. The maximum atomic E-state index is 13.3. The Balaban J connectivity index is 1.55. The monoisotopic (exact) mass is 381 g/mol. The fourth-order valence-corrected chi connectivity index (χ4v) is 3.34. The van der Waals surface area contributed by atoms with E-state index in [2.05, 4.69) is 20.1 Å². The number of rotatable bonds is 3. The molecule has 0 aliphatic carbocycles. The first kappa shape index (κ1) is 18.1. The van der Waals surface area contributed by atoms with Crippen molar-refractivity contribution in [1.82, 2.24) is 19.4 Å². The number of hydrogen-bond donors (Lipinski definition) is 1. The average molecular weight is 382 g/mol. The molecule has 1 N–H and O–H groups in total. The molecule has 8 heteroatoms. The van der Waals surface area contributed by atoms with Crippen molar-refractivity contribution in [2.24, 2.45) is 7.05 Å². The normalized spacial score (nSPS) is 15.9. The quantitative estimate of drug-likeness (QED) is 0.827. The highest BCUT2D eigenvalue weighted by atomic mass is 35.5. The number of anilines is 1. The summed E-state index contributed by atoms with van der Waals surface area (Å²) in [5.74, 6) is 0.632. The predicted molar refractivity (Wildman–Crippen MR) is 102 cm³/mol. The van der Waals surface area contributed by atoms with Crippen molar-refractivity contribution in [2.75, 3.05) is 31.5 Å². The largest absolute Gasteiger partial charge is 0.348 e. The fraction of sp³-hybridized carbons (Fsp3) is 0.412. The van der Waals surface area contributed by atoms with Crippen LogP contribution in [-0.4, -0.2) is 50.6 Å². The Bertz CT molecular complexity index is 750. The van der Waals surface area contributed by atoms with Crippen LogP contribution in [-0.2, 0) is 13.6 Å². The van der Waals surface area contributed by atoms with Crippen molar-refractivity contribution in [3.8, 4) is 0 Å². The van der Waals surface area contributed by atoms with E-state index in [4.69, 9.17) is 23.8 Å². The molecule has 3 rings (SSSR count). The maximum Gasteiger partial charge on any atom is 0.173 e. The third-order valence-corrected chi connectivity index (χ3v) is 4.98. The van der Waals surface area contributed by atoms with E-state index in [0.717, 1.165) is 45.0 Å². The lowest BCUT2D eigenvalue weighted by molar-refractivity contribution is 0.269. The van der Waals surface area contributed by atoms with Crippen LogP contribution in [0.5, 0.6) is 0 Å². The Kier molecular flexibility index (Phi) is 5.88. The molecule has 0 radical (unpaired) electrons. The smallest absolute Gasteiger partial charge is 0.173 e.